The number of nitro groups is 1. The number of aliphatic imine (C=N–C) groups is 1. The predicted octanol–water partition coefficient (Wildman–Crippen LogP) is 3.32. The first kappa shape index (κ1) is 26.7. The number of anilines is 1. The summed E-state index contributed by atoms with van der Waals surface area (Å²) < 4.78 is 55.9. The summed E-state index contributed by atoms with van der Waals surface area (Å²) in [6.45, 7) is 1.47. The Bertz CT molecular complexity index is 1200. The predicted molar refractivity (Wildman–Crippen MR) is 120 cm³/mol. The Morgan fingerprint density at radius 3 is 2.58 bits per heavy atom. The van der Waals surface area contributed by atoms with Crippen molar-refractivity contribution < 1.29 is 37.4 Å². The zero-order chi connectivity index (χ0) is 26.7. The summed E-state index contributed by atoms with van der Waals surface area (Å²) in [5.74, 6) is -0.203. The van der Waals surface area contributed by atoms with Gasteiger partial charge in [0.1, 0.15) is 17.9 Å². The number of guanidine groups is 1. The van der Waals surface area contributed by atoms with Gasteiger partial charge in [-0.2, -0.15) is 18.4 Å². The molecule has 192 valence electrons. The number of aliphatic hydroxyl groups excluding tert-OH is 1. The molecule has 36 heavy (non-hydrogen) atoms. The Hall–Kier alpha value is -3.93. The second-order valence-electron chi connectivity index (χ2n) is 7.88. The third-order valence-electron chi connectivity index (χ3n) is 5.53. The van der Waals surface area contributed by atoms with E-state index in [-0.39, 0.29) is 28.6 Å². The smallest absolute Gasteiger partial charge is 0.416 e. The molecule has 0 saturated heterocycles. The van der Waals surface area contributed by atoms with Crippen molar-refractivity contribution in [3.8, 4) is 11.9 Å². The largest absolute Gasteiger partial charge is 0.479 e. The van der Waals surface area contributed by atoms with E-state index in [2.05, 4.69) is 15.6 Å². The van der Waals surface area contributed by atoms with Crippen LogP contribution in [0.4, 0.5) is 24.5 Å². The summed E-state index contributed by atoms with van der Waals surface area (Å²) in [7, 11) is 2.63. The van der Waals surface area contributed by atoms with Crippen molar-refractivity contribution in [1.82, 2.24) is 5.32 Å². The Balaban J connectivity index is 2.12. The van der Waals surface area contributed by atoms with Gasteiger partial charge >= 0.3 is 6.18 Å². The Kier molecular flexibility index (Phi) is 7.68. The summed E-state index contributed by atoms with van der Waals surface area (Å²) in [5.41, 5.74) is -2.78. The fourth-order valence-corrected chi connectivity index (χ4v) is 3.84. The van der Waals surface area contributed by atoms with E-state index in [1.807, 2.05) is 0 Å². The molecular formula is C22H22F3N5O6. The average Bonchev–Trinajstić information content (AvgIpc) is 2.82. The minimum absolute atomic E-state index is 0.0541. The van der Waals surface area contributed by atoms with E-state index in [1.54, 1.807) is 6.19 Å². The number of methoxy groups -OCH3 is 2. The number of hydrogen-bond acceptors (Lipinski definition) is 8. The van der Waals surface area contributed by atoms with Crippen LogP contribution in [0.1, 0.15) is 24.1 Å². The number of rotatable bonds is 6. The number of nitriles is 1. The lowest BCUT2D eigenvalue weighted by atomic mass is 9.84. The highest BCUT2D eigenvalue weighted by molar-refractivity contribution is 5.94. The maximum atomic E-state index is 13.1. The number of fused-ring (bicyclic) bond motifs is 1. The average molecular weight is 509 g/mol. The second-order valence-corrected chi connectivity index (χ2v) is 7.88. The molecule has 1 aliphatic rings. The van der Waals surface area contributed by atoms with Crippen LogP contribution in [0.2, 0.25) is 0 Å². The summed E-state index contributed by atoms with van der Waals surface area (Å²) in [4.78, 5) is 15.0. The number of non-ortho nitro benzene ring substituents is 1. The topological polar surface area (TPSA) is 151 Å². The van der Waals surface area contributed by atoms with Crippen LogP contribution in [-0.4, -0.2) is 48.2 Å². The van der Waals surface area contributed by atoms with Crippen molar-refractivity contribution in [2.45, 2.75) is 37.1 Å². The van der Waals surface area contributed by atoms with Crippen LogP contribution >= 0.6 is 0 Å². The third-order valence-corrected chi connectivity index (χ3v) is 5.53. The Morgan fingerprint density at radius 2 is 2.00 bits per heavy atom. The highest BCUT2D eigenvalue weighted by Crippen LogP contribution is 2.45. The van der Waals surface area contributed by atoms with Gasteiger partial charge < -0.3 is 24.6 Å². The van der Waals surface area contributed by atoms with E-state index in [1.165, 1.54) is 39.3 Å². The standard InChI is InChI=1S/C22H22F3N5O6/c1-21(19(34-2)35-3)18(31)17(15-10-14(30(32)33)7-8-16(15)36-21)29-20(27-11-26)28-13-6-4-5-12(9-13)22(23,24)25/h4-10,17-19,31H,1-3H3,(H2,27,28,29). The van der Waals surface area contributed by atoms with Gasteiger partial charge in [0.15, 0.2) is 18.1 Å². The van der Waals surface area contributed by atoms with Gasteiger partial charge in [0.25, 0.3) is 5.69 Å². The number of benzene rings is 2. The Morgan fingerprint density at radius 1 is 1.31 bits per heavy atom. The molecule has 0 saturated carbocycles. The van der Waals surface area contributed by atoms with E-state index in [4.69, 9.17) is 14.2 Å². The number of nitrogens with one attached hydrogen (secondary N) is 2. The van der Waals surface area contributed by atoms with E-state index in [0.717, 1.165) is 24.3 Å². The molecule has 1 heterocycles. The van der Waals surface area contributed by atoms with E-state index < -0.39 is 40.7 Å². The van der Waals surface area contributed by atoms with Gasteiger partial charge in [-0.1, -0.05) is 6.07 Å². The van der Waals surface area contributed by atoms with Crippen LogP contribution in [0.5, 0.6) is 5.75 Å². The van der Waals surface area contributed by atoms with Gasteiger partial charge in [0.05, 0.1) is 10.5 Å². The molecule has 3 rings (SSSR count). The quantitative estimate of drug-likeness (QED) is 0.101. The lowest BCUT2D eigenvalue weighted by Gasteiger charge is -2.45. The summed E-state index contributed by atoms with van der Waals surface area (Å²) >= 11 is 0. The molecule has 0 amide bonds. The Labute approximate surface area is 203 Å². The van der Waals surface area contributed by atoms with Gasteiger partial charge in [-0.3, -0.25) is 15.4 Å². The molecule has 0 fully saturated rings. The van der Waals surface area contributed by atoms with Crippen LogP contribution in [0.15, 0.2) is 47.5 Å². The van der Waals surface area contributed by atoms with Gasteiger partial charge in [-0.15, -0.1) is 0 Å². The first-order valence-electron chi connectivity index (χ1n) is 10.3. The summed E-state index contributed by atoms with van der Waals surface area (Å²) in [5, 5.41) is 36.6. The van der Waals surface area contributed by atoms with Crippen molar-refractivity contribution in [1.29, 1.82) is 5.26 Å². The summed E-state index contributed by atoms with van der Waals surface area (Å²) in [6, 6.07) is 6.54. The normalized spacial score (nSPS) is 21.8. The molecule has 3 unspecified atom stereocenters. The minimum atomic E-state index is -4.61. The molecule has 3 N–H and O–H groups in total. The molecule has 0 aromatic heterocycles. The molecular weight excluding hydrogens is 487 g/mol. The van der Waals surface area contributed by atoms with Crippen LogP contribution in [0, 0.1) is 21.6 Å². The van der Waals surface area contributed by atoms with Crippen LogP contribution in [0.25, 0.3) is 0 Å². The van der Waals surface area contributed by atoms with Crippen molar-refractivity contribution >= 4 is 17.3 Å². The molecule has 0 aliphatic carbocycles. The van der Waals surface area contributed by atoms with Gasteiger partial charge in [-0.25, -0.2) is 4.99 Å². The fourth-order valence-electron chi connectivity index (χ4n) is 3.84. The molecule has 0 radical (unpaired) electrons. The lowest BCUT2D eigenvalue weighted by Crippen LogP contribution is -2.59. The van der Waals surface area contributed by atoms with Gasteiger partial charge in [-0.05, 0) is 31.2 Å². The first-order valence-corrected chi connectivity index (χ1v) is 10.3. The number of nitro benzene ring substituents is 1. The zero-order valence-electron chi connectivity index (χ0n) is 19.2. The monoisotopic (exact) mass is 509 g/mol. The molecule has 14 heteroatoms. The van der Waals surface area contributed by atoms with Gasteiger partial charge in [0.2, 0.25) is 5.96 Å². The van der Waals surface area contributed by atoms with Crippen LogP contribution < -0.4 is 15.4 Å². The molecule has 2 aromatic carbocycles. The van der Waals surface area contributed by atoms with Crippen molar-refractivity contribution in [3.63, 3.8) is 0 Å². The number of ether oxygens (including phenoxy) is 3. The third kappa shape index (κ3) is 5.33. The molecule has 3 atom stereocenters. The molecule has 0 spiro atoms. The lowest BCUT2D eigenvalue weighted by molar-refractivity contribution is -0.385. The summed E-state index contributed by atoms with van der Waals surface area (Å²) in [6.07, 6.45) is -5.65. The number of nitrogens with zero attached hydrogens (tertiary/aromatic N) is 3. The van der Waals surface area contributed by atoms with Crippen molar-refractivity contribution in [2.75, 3.05) is 19.5 Å². The SMILES string of the molecule is COC(OC)C1(C)Oc2ccc([N+](=O)[O-])cc2C(N=C(NC#N)Nc2cccc(C(F)(F)F)c2)C1O. The highest BCUT2D eigenvalue weighted by Gasteiger charge is 2.52. The molecule has 11 nitrogen and oxygen atoms in total. The van der Waals surface area contributed by atoms with Crippen LogP contribution in [-0.2, 0) is 15.7 Å². The minimum Gasteiger partial charge on any atom is -0.479 e. The number of aliphatic hydroxyl groups is 1. The first-order chi connectivity index (χ1) is 16.9. The molecule has 2 aromatic rings. The van der Waals surface area contributed by atoms with Crippen molar-refractivity contribution in [3.05, 3.63) is 63.7 Å². The number of halogens is 3. The van der Waals surface area contributed by atoms with E-state index in [9.17, 15) is 33.7 Å². The maximum Gasteiger partial charge on any atom is 0.416 e. The van der Waals surface area contributed by atoms with E-state index in [0.29, 0.717) is 0 Å². The second kappa shape index (κ2) is 10.4. The fraction of sp³-hybridized carbons (Fsp3) is 0.364. The van der Waals surface area contributed by atoms with Crippen LogP contribution in [0.3, 0.4) is 0 Å². The molecule has 1 aliphatic heterocycles. The number of hydrogen-bond donors (Lipinski definition) is 3. The van der Waals surface area contributed by atoms with Crippen molar-refractivity contribution in [2.24, 2.45) is 4.99 Å². The molecule has 0 bridgehead atoms. The zero-order valence-corrected chi connectivity index (χ0v) is 19.2. The van der Waals surface area contributed by atoms with E-state index >= 15 is 0 Å². The maximum absolute atomic E-state index is 13.1. The number of alkyl halides is 3. The van der Waals surface area contributed by atoms with Gasteiger partial charge in [0, 0.05) is 37.6 Å². The highest BCUT2D eigenvalue weighted by atomic mass is 19.4.